The largest absolute Gasteiger partial charge is 0.618 e. The molecule has 4 nitrogen and oxygen atoms in total. The van der Waals surface area contributed by atoms with Crippen molar-refractivity contribution >= 4 is 28.8 Å². The number of Topliss-reactive ketones (excluding diaryl/α,β-unsaturated/α-hetero) is 1. The van der Waals surface area contributed by atoms with Crippen molar-refractivity contribution in [3.05, 3.63) is 69.4 Å². The van der Waals surface area contributed by atoms with Gasteiger partial charge in [0.2, 0.25) is 5.69 Å². The molecule has 0 aliphatic carbocycles. The van der Waals surface area contributed by atoms with Crippen molar-refractivity contribution in [3.63, 3.8) is 0 Å². The highest BCUT2D eigenvalue weighted by atomic mass is 35.5. The van der Waals surface area contributed by atoms with Gasteiger partial charge in [-0.1, -0.05) is 17.7 Å². The molecule has 0 radical (unpaired) electrons. The summed E-state index contributed by atoms with van der Waals surface area (Å²) >= 11 is 5.89. The number of rotatable bonds is 1. The van der Waals surface area contributed by atoms with Crippen LogP contribution in [-0.4, -0.2) is 16.2 Å². The highest BCUT2D eigenvalue weighted by Gasteiger charge is 2.36. The zero-order valence-corrected chi connectivity index (χ0v) is 10.9. The Bertz CT molecular complexity index is 819. The van der Waals surface area contributed by atoms with Crippen LogP contribution in [0.1, 0.15) is 21.5 Å². The van der Waals surface area contributed by atoms with Gasteiger partial charge in [-0.05, 0) is 30.3 Å². The lowest BCUT2D eigenvalue weighted by Crippen LogP contribution is -2.16. The SMILES string of the molecule is N#Cc1ccc2c(c1)C(=O)C(c1cccc(Cl)c1)=[N+]2[O-]. The number of fused-ring (bicyclic) bond motifs is 1. The van der Waals surface area contributed by atoms with Gasteiger partial charge in [-0.25, -0.2) is 0 Å². The number of nitriles is 1. The molecule has 96 valence electrons. The molecule has 20 heavy (non-hydrogen) atoms. The lowest BCUT2D eigenvalue weighted by molar-refractivity contribution is -0.355. The number of ketones is 1. The average molecular weight is 283 g/mol. The molecule has 0 amide bonds. The molecule has 0 unspecified atom stereocenters. The quantitative estimate of drug-likeness (QED) is 0.596. The molecule has 2 aromatic rings. The number of halogens is 1. The number of benzene rings is 2. The van der Waals surface area contributed by atoms with Crippen molar-refractivity contribution in [3.8, 4) is 6.07 Å². The van der Waals surface area contributed by atoms with E-state index in [4.69, 9.17) is 16.9 Å². The summed E-state index contributed by atoms with van der Waals surface area (Å²) in [5, 5.41) is 21.6. The molecule has 0 saturated carbocycles. The Labute approximate surface area is 119 Å². The Morgan fingerprint density at radius 1 is 1.20 bits per heavy atom. The third-order valence-corrected chi connectivity index (χ3v) is 3.34. The molecule has 0 fully saturated rings. The Morgan fingerprint density at radius 2 is 2.00 bits per heavy atom. The van der Waals surface area contributed by atoms with Gasteiger partial charge in [0.15, 0.2) is 0 Å². The smallest absolute Gasteiger partial charge is 0.273 e. The molecule has 0 saturated heterocycles. The van der Waals surface area contributed by atoms with E-state index in [2.05, 4.69) is 0 Å². The molecule has 1 aliphatic rings. The second kappa shape index (κ2) is 4.48. The summed E-state index contributed by atoms with van der Waals surface area (Å²) < 4.78 is 0.588. The third-order valence-electron chi connectivity index (χ3n) is 3.11. The van der Waals surface area contributed by atoms with Crippen LogP contribution in [-0.2, 0) is 0 Å². The van der Waals surface area contributed by atoms with E-state index in [1.807, 2.05) is 6.07 Å². The van der Waals surface area contributed by atoms with Crippen LogP contribution in [0, 0.1) is 16.5 Å². The van der Waals surface area contributed by atoms with Crippen LogP contribution in [0.5, 0.6) is 0 Å². The third kappa shape index (κ3) is 1.77. The zero-order chi connectivity index (χ0) is 14.3. The molecular formula is C15H7ClN2O2. The predicted molar refractivity (Wildman–Crippen MR) is 74.3 cm³/mol. The Balaban J connectivity index is 2.19. The molecule has 0 spiro atoms. The Kier molecular flexibility index (Phi) is 2.78. The number of hydrogen-bond donors (Lipinski definition) is 0. The van der Waals surface area contributed by atoms with Crippen molar-refractivity contribution in [1.82, 2.24) is 0 Å². The minimum Gasteiger partial charge on any atom is -0.618 e. The number of nitrogens with zero attached hydrogens (tertiary/aromatic N) is 2. The summed E-state index contributed by atoms with van der Waals surface area (Å²) in [6, 6.07) is 12.9. The van der Waals surface area contributed by atoms with Crippen LogP contribution in [0.3, 0.4) is 0 Å². The fourth-order valence-corrected chi connectivity index (χ4v) is 2.38. The summed E-state index contributed by atoms with van der Waals surface area (Å²) in [6.07, 6.45) is 0. The monoisotopic (exact) mass is 282 g/mol. The average Bonchev–Trinajstić information content (AvgIpc) is 2.70. The topological polar surface area (TPSA) is 66.9 Å². The normalized spacial score (nSPS) is 13.3. The van der Waals surface area contributed by atoms with Gasteiger partial charge in [-0.2, -0.15) is 10.0 Å². The molecule has 1 aliphatic heterocycles. The van der Waals surface area contributed by atoms with Gasteiger partial charge < -0.3 is 5.21 Å². The van der Waals surface area contributed by atoms with Crippen LogP contribution in [0.4, 0.5) is 5.69 Å². The summed E-state index contributed by atoms with van der Waals surface area (Å²) in [5.74, 6) is -0.394. The Morgan fingerprint density at radius 3 is 2.70 bits per heavy atom. The first-order valence-electron chi connectivity index (χ1n) is 5.81. The minimum atomic E-state index is -0.394. The fraction of sp³-hybridized carbons (Fsp3) is 0. The van der Waals surface area contributed by atoms with Crippen molar-refractivity contribution in [1.29, 1.82) is 5.26 Å². The summed E-state index contributed by atoms with van der Waals surface area (Å²) in [7, 11) is 0. The second-order valence-corrected chi connectivity index (χ2v) is 4.76. The van der Waals surface area contributed by atoms with Gasteiger partial charge in [-0.3, -0.25) is 4.79 Å². The summed E-state index contributed by atoms with van der Waals surface area (Å²) in [6.45, 7) is 0. The first-order chi connectivity index (χ1) is 9.61. The molecule has 0 aromatic heterocycles. The van der Waals surface area contributed by atoms with Gasteiger partial charge >= 0.3 is 0 Å². The van der Waals surface area contributed by atoms with Crippen LogP contribution >= 0.6 is 11.6 Å². The first kappa shape index (κ1) is 12.4. The van der Waals surface area contributed by atoms with Gasteiger partial charge in [0.1, 0.15) is 5.56 Å². The lowest BCUT2D eigenvalue weighted by atomic mass is 10.0. The van der Waals surface area contributed by atoms with E-state index in [1.165, 1.54) is 18.2 Å². The highest BCUT2D eigenvalue weighted by molar-refractivity contribution is 6.52. The number of carbonyl (C=O) groups is 1. The van der Waals surface area contributed by atoms with Crippen LogP contribution in [0.25, 0.3) is 0 Å². The number of hydrogen-bond acceptors (Lipinski definition) is 3. The molecule has 0 atom stereocenters. The van der Waals surface area contributed by atoms with E-state index in [-0.39, 0.29) is 17.0 Å². The molecule has 1 heterocycles. The van der Waals surface area contributed by atoms with E-state index < -0.39 is 5.78 Å². The summed E-state index contributed by atoms with van der Waals surface area (Å²) in [4.78, 5) is 12.4. The highest BCUT2D eigenvalue weighted by Crippen LogP contribution is 2.29. The molecule has 0 N–H and O–H groups in total. The van der Waals surface area contributed by atoms with Crippen molar-refractivity contribution < 1.29 is 9.53 Å². The zero-order valence-electron chi connectivity index (χ0n) is 10.1. The van der Waals surface area contributed by atoms with E-state index in [9.17, 15) is 10.0 Å². The van der Waals surface area contributed by atoms with Crippen LogP contribution in [0.2, 0.25) is 5.02 Å². The van der Waals surface area contributed by atoms with Crippen molar-refractivity contribution in [2.24, 2.45) is 0 Å². The van der Waals surface area contributed by atoms with Crippen LogP contribution in [0.15, 0.2) is 42.5 Å². The second-order valence-electron chi connectivity index (χ2n) is 4.33. The maximum Gasteiger partial charge on any atom is 0.273 e. The van der Waals surface area contributed by atoms with Crippen molar-refractivity contribution in [2.45, 2.75) is 0 Å². The summed E-state index contributed by atoms with van der Waals surface area (Å²) in [5.41, 5.74) is 1.33. The van der Waals surface area contributed by atoms with Gasteiger partial charge in [-0.15, -0.1) is 0 Å². The first-order valence-corrected chi connectivity index (χ1v) is 6.18. The van der Waals surface area contributed by atoms with Crippen molar-refractivity contribution in [2.75, 3.05) is 0 Å². The van der Waals surface area contributed by atoms with Gasteiger partial charge in [0.25, 0.3) is 11.5 Å². The van der Waals surface area contributed by atoms with E-state index in [1.54, 1.807) is 24.3 Å². The molecule has 2 aromatic carbocycles. The van der Waals surface area contributed by atoms with Gasteiger partial charge in [0.05, 0.1) is 17.2 Å². The fourth-order valence-electron chi connectivity index (χ4n) is 2.19. The molecule has 5 heteroatoms. The number of carbonyl (C=O) groups excluding carboxylic acids is 1. The molecule has 0 bridgehead atoms. The van der Waals surface area contributed by atoms with E-state index >= 15 is 0 Å². The predicted octanol–water partition coefficient (Wildman–Crippen LogP) is 3.04. The Hall–Kier alpha value is -2.64. The van der Waals surface area contributed by atoms with Crippen LogP contribution < -0.4 is 0 Å². The van der Waals surface area contributed by atoms with Gasteiger partial charge in [0, 0.05) is 11.1 Å². The van der Waals surface area contributed by atoms with E-state index in [0.29, 0.717) is 20.9 Å². The maximum atomic E-state index is 12.4. The maximum absolute atomic E-state index is 12.4. The molecular weight excluding hydrogens is 276 g/mol. The lowest BCUT2D eigenvalue weighted by Gasteiger charge is -2.02. The molecule has 3 rings (SSSR count). The van der Waals surface area contributed by atoms with E-state index in [0.717, 1.165) is 0 Å². The minimum absolute atomic E-state index is 0.0255. The standard InChI is InChI=1S/C15H7ClN2O2/c16-11-3-1-2-10(7-11)14-15(19)12-6-9(8-17)4-5-13(12)18(14)20/h1-7H.